The Morgan fingerprint density at radius 2 is 1.84 bits per heavy atom. The molecule has 2 saturated carbocycles. The molecule has 3 aliphatic carbocycles. The minimum absolute atomic E-state index is 0.0949. The van der Waals surface area contributed by atoms with Crippen molar-refractivity contribution in [1.82, 2.24) is 0 Å². The molecule has 0 unspecified atom stereocenters. The number of aliphatic hydroxyl groups excluding tert-OH is 2. The summed E-state index contributed by atoms with van der Waals surface area (Å²) in [6, 6.07) is 0. The van der Waals surface area contributed by atoms with Crippen LogP contribution in [-0.2, 0) is 19.1 Å². The van der Waals surface area contributed by atoms with E-state index < -0.39 is 52.7 Å². The molecule has 0 aromatic rings. The number of hydrogen-bond donors (Lipinski definition) is 2. The molecule has 6 heteroatoms. The zero-order valence-electron chi connectivity index (χ0n) is 14.9. The third-order valence-electron chi connectivity index (χ3n) is 7.71. The number of Topliss-reactive ketones (excluding diaryl/α,β-unsaturated/α-hetero) is 1. The number of carbonyl (C=O) groups excluding carboxylic acids is 3. The monoisotopic (exact) mass is 348 g/mol. The number of esters is 1. The number of carbonyl (C=O) groups is 3. The summed E-state index contributed by atoms with van der Waals surface area (Å²) < 4.78 is 5.41. The third kappa shape index (κ3) is 1.70. The number of aliphatic hydroxyl groups is 2. The van der Waals surface area contributed by atoms with Crippen LogP contribution in [0.5, 0.6) is 0 Å². The number of fused-ring (bicyclic) bond motifs is 6. The first-order chi connectivity index (χ1) is 11.6. The second-order valence-corrected chi connectivity index (χ2v) is 8.73. The van der Waals surface area contributed by atoms with Crippen LogP contribution in [0.2, 0.25) is 0 Å². The lowest BCUT2D eigenvalue weighted by molar-refractivity contribution is -0.208. The lowest BCUT2D eigenvalue weighted by Crippen LogP contribution is -2.70. The van der Waals surface area contributed by atoms with Crippen LogP contribution in [0, 0.1) is 34.5 Å². The Kier molecular flexibility index (Phi) is 3.24. The Bertz CT molecular complexity index is 725. The van der Waals surface area contributed by atoms with Gasteiger partial charge in [0, 0.05) is 29.1 Å². The molecule has 4 aliphatic rings. The van der Waals surface area contributed by atoms with Gasteiger partial charge < -0.3 is 14.9 Å². The fraction of sp³-hybridized carbons (Fsp3) is 0.737. The Morgan fingerprint density at radius 1 is 1.20 bits per heavy atom. The van der Waals surface area contributed by atoms with E-state index in [1.165, 1.54) is 6.08 Å². The van der Waals surface area contributed by atoms with Crippen LogP contribution in [0.15, 0.2) is 11.6 Å². The van der Waals surface area contributed by atoms with Gasteiger partial charge >= 0.3 is 5.97 Å². The number of hydrogen-bond acceptors (Lipinski definition) is 6. The molecular weight excluding hydrogens is 324 g/mol. The van der Waals surface area contributed by atoms with Crippen molar-refractivity contribution in [2.24, 2.45) is 34.5 Å². The zero-order valence-corrected chi connectivity index (χ0v) is 14.9. The molecule has 0 aromatic heterocycles. The summed E-state index contributed by atoms with van der Waals surface area (Å²) in [6.45, 7) is 7.09. The van der Waals surface area contributed by atoms with Gasteiger partial charge in [-0.1, -0.05) is 26.3 Å². The first-order valence-electron chi connectivity index (χ1n) is 8.88. The van der Waals surface area contributed by atoms with Gasteiger partial charge in [-0.3, -0.25) is 14.4 Å². The fourth-order valence-corrected chi connectivity index (χ4v) is 6.55. The molecule has 2 bridgehead atoms. The van der Waals surface area contributed by atoms with E-state index in [0.717, 1.165) is 5.57 Å². The van der Waals surface area contributed by atoms with E-state index in [1.807, 2.05) is 6.92 Å². The van der Waals surface area contributed by atoms with E-state index >= 15 is 0 Å². The van der Waals surface area contributed by atoms with Crippen molar-refractivity contribution in [3.05, 3.63) is 11.6 Å². The smallest absolute Gasteiger partial charge is 0.310 e. The minimum atomic E-state index is -1.31. The predicted molar refractivity (Wildman–Crippen MR) is 86.1 cm³/mol. The van der Waals surface area contributed by atoms with Crippen LogP contribution in [0.25, 0.3) is 0 Å². The van der Waals surface area contributed by atoms with Crippen molar-refractivity contribution in [2.45, 2.75) is 52.4 Å². The van der Waals surface area contributed by atoms with Gasteiger partial charge in [-0.15, -0.1) is 0 Å². The van der Waals surface area contributed by atoms with E-state index in [4.69, 9.17) is 4.74 Å². The normalized spacial score (nSPS) is 54.6. The summed E-state index contributed by atoms with van der Waals surface area (Å²) in [4.78, 5) is 38.0. The fourth-order valence-electron chi connectivity index (χ4n) is 6.55. The molecule has 4 rings (SSSR count). The van der Waals surface area contributed by atoms with Crippen LogP contribution in [0.1, 0.15) is 34.1 Å². The van der Waals surface area contributed by atoms with Gasteiger partial charge in [0.15, 0.2) is 5.78 Å². The van der Waals surface area contributed by atoms with E-state index in [1.54, 1.807) is 20.8 Å². The number of ketones is 2. The van der Waals surface area contributed by atoms with E-state index in [2.05, 4.69) is 0 Å². The highest BCUT2D eigenvalue weighted by molar-refractivity contribution is 5.98. The van der Waals surface area contributed by atoms with E-state index in [0.29, 0.717) is 0 Å². The average Bonchev–Trinajstić information content (AvgIpc) is 2.78. The first kappa shape index (κ1) is 16.9. The van der Waals surface area contributed by atoms with Crippen molar-refractivity contribution in [1.29, 1.82) is 0 Å². The third-order valence-corrected chi connectivity index (χ3v) is 7.71. The van der Waals surface area contributed by atoms with Gasteiger partial charge in [0.2, 0.25) is 0 Å². The van der Waals surface area contributed by atoms with Crippen molar-refractivity contribution in [3.63, 3.8) is 0 Å². The van der Waals surface area contributed by atoms with E-state index in [-0.39, 0.29) is 24.0 Å². The summed E-state index contributed by atoms with van der Waals surface area (Å²) in [5.74, 6) is -2.93. The summed E-state index contributed by atoms with van der Waals surface area (Å²) in [5, 5.41) is 21.9. The van der Waals surface area contributed by atoms with Crippen LogP contribution in [-0.4, -0.2) is 46.1 Å². The maximum absolute atomic E-state index is 13.2. The molecular formula is C19H24O6. The van der Waals surface area contributed by atoms with Gasteiger partial charge in [0.05, 0.1) is 12.0 Å². The Morgan fingerprint density at radius 3 is 2.48 bits per heavy atom. The number of allylic oxidation sites excluding steroid dienone is 1. The van der Waals surface area contributed by atoms with Gasteiger partial charge in [-0.25, -0.2) is 0 Å². The molecule has 2 N–H and O–H groups in total. The SMILES string of the molecule is CC1=CC(=O)[C@@H](O)[C@@]2(C)[C@H]1CC(=O)[C@]1(C)[C@@H]3C(=O)O[C@@H]([C@@H]3C)[C@H](O)[C@@H]12. The molecule has 9 atom stereocenters. The Labute approximate surface area is 146 Å². The van der Waals surface area contributed by atoms with Crippen LogP contribution < -0.4 is 0 Å². The molecule has 0 aromatic carbocycles. The molecule has 0 radical (unpaired) electrons. The summed E-state index contributed by atoms with van der Waals surface area (Å²) in [5.41, 5.74) is -1.41. The van der Waals surface area contributed by atoms with Crippen molar-refractivity contribution in [2.75, 3.05) is 0 Å². The molecule has 0 amide bonds. The van der Waals surface area contributed by atoms with Crippen LogP contribution in [0.3, 0.4) is 0 Å². The Hall–Kier alpha value is -1.53. The molecule has 136 valence electrons. The topological polar surface area (TPSA) is 101 Å². The summed E-state index contributed by atoms with van der Waals surface area (Å²) in [6.07, 6.45) is -1.54. The number of rotatable bonds is 0. The van der Waals surface area contributed by atoms with Gasteiger partial charge in [-0.05, 0) is 18.9 Å². The first-order valence-corrected chi connectivity index (χ1v) is 8.88. The highest BCUT2D eigenvalue weighted by Gasteiger charge is 2.74. The van der Waals surface area contributed by atoms with Gasteiger partial charge in [0.25, 0.3) is 0 Å². The van der Waals surface area contributed by atoms with Gasteiger partial charge in [-0.2, -0.15) is 0 Å². The van der Waals surface area contributed by atoms with Gasteiger partial charge in [0.1, 0.15) is 18.0 Å². The quantitative estimate of drug-likeness (QED) is 0.623. The standard InChI is InChI=1S/C19H24O6/c1-7-5-10(20)16(23)18(3)9(7)6-11(21)19(4)12-8(2)14(25-17(12)24)13(22)15(18)19/h5,8-9,12-16,22-23H,6H2,1-4H3/t8-,9+,12+,13+,14+,15-,16-,18+,19-/m1/s1. The average molecular weight is 348 g/mol. The highest BCUT2D eigenvalue weighted by atomic mass is 16.6. The molecule has 1 saturated heterocycles. The van der Waals surface area contributed by atoms with Crippen LogP contribution >= 0.6 is 0 Å². The molecule has 0 spiro atoms. The second-order valence-electron chi connectivity index (χ2n) is 8.73. The predicted octanol–water partition coefficient (Wildman–Crippen LogP) is 0.646. The summed E-state index contributed by atoms with van der Waals surface area (Å²) in [7, 11) is 0. The molecule has 25 heavy (non-hydrogen) atoms. The molecule has 1 heterocycles. The lowest BCUT2D eigenvalue weighted by Gasteiger charge is -2.62. The molecule has 3 fully saturated rings. The van der Waals surface area contributed by atoms with Crippen molar-refractivity contribution >= 4 is 17.5 Å². The molecule has 6 nitrogen and oxygen atoms in total. The summed E-state index contributed by atoms with van der Waals surface area (Å²) >= 11 is 0. The Balaban J connectivity index is 1.96. The number of ether oxygens (including phenoxy) is 1. The zero-order chi connectivity index (χ0) is 18.5. The second kappa shape index (κ2) is 4.80. The largest absolute Gasteiger partial charge is 0.459 e. The van der Waals surface area contributed by atoms with Crippen molar-refractivity contribution < 1.29 is 29.3 Å². The minimum Gasteiger partial charge on any atom is -0.459 e. The van der Waals surface area contributed by atoms with E-state index in [9.17, 15) is 24.6 Å². The molecule has 1 aliphatic heterocycles. The maximum Gasteiger partial charge on any atom is 0.310 e. The van der Waals surface area contributed by atoms with Crippen LogP contribution in [0.4, 0.5) is 0 Å². The van der Waals surface area contributed by atoms with Crippen molar-refractivity contribution in [3.8, 4) is 0 Å². The maximum atomic E-state index is 13.2. The highest BCUT2D eigenvalue weighted by Crippen LogP contribution is 2.66. The lowest BCUT2D eigenvalue weighted by atomic mass is 9.40.